The maximum absolute atomic E-state index is 15.0. The summed E-state index contributed by atoms with van der Waals surface area (Å²) in [5.74, 6) is -0.911. The van der Waals surface area contributed by atoms with Crippen LogP contribution in [0.5, 0.6) is 0 Å². The molecule has 0 saturated carbocycles. The molecule has 1 aromatic rings. The number of hydrogen-bond acceptors (Lipinski definition) is 6. The highest BCUT2D eigenvalue weighted by Gasteiger charge is 2.53. The minimum absolute atomic E-state index is 0.177. The second-order valence-electron chi connectivity index (χ2n) is 20.1. The van der Waals surface area contributed by atoms with Crippen molar-refractivity contribution in [3.63, 3.8) is 0 Å². The Labute approximate surface area is 305 Å². The SMILES string of the molecule is CCCCC(Cc1cc(C(C)(C)C)c(Cl)c(C(C)(C)C)c1)(C(=O)OC1CC(C)(C)N(C)C(C)(C)C1)C(=O)OC1CC(C)(C)N(C)C(C)(C)C1. The molecule has 0 amide bonds. The number of nitrogens with zero attached hydrogens (tertiary/aromatic N) is 2. The highest BCUT2D eigenvalue weighted by atomic mass is 35.5. The van der Waals surface area contributed by atoms with Crippen LogP contribution in [0, 0.1) is 5.41 Å². The average molecular weight is 703 g/mol. The van der Waals surface area contributed by atoms with E-state index in [9.17, 15) is 9.59 Å². The second kappa shape index (κ2) is 14.1. The number of benzene rings is 1. The monoisotopic (exact) mass is 703 g/mol. The lowest BCUT2D eigenvalue weighted by Crippen LogP contribution is -2.61. The molecule has 2 saturated heterocycles. The van der Waals surface area contributed by atoms with Gasteiger partial charge in [0, 0.05) is 52.9 Å². The molecule has 280 valence electrons. The summed E-state index contributed by atoms with van der Waals surface area (Å²) in [4.78, 5) is 34.7. The van der Waals surface area contributed by atoms with Crippen molar-refractivity contribution in [1.29, 1.82) is 0 Å². The minimum atomic E-state index is -1.50. The first-order chi connectivity index (χ1) is 22.0. The summed E-state index contributed by atoms with van der Waals surface area (Å²) in [5, 5.41) is 0.750. The van der Waals surface area contributed by atoms with Gasteiger partial charge in [0.15, 0.2) is 5.41 Å². The van der Waals surface area contributed by atoms with E-state index in [1.807, 2.05) is 0 Å². The van der Waals surface area contributed by atoms with E-state index in [4.69, 9.17) is 21.1 Å². The quantitative estimate of drug-likeness (QED) is 0.189. The Hall–Kier alpha value is -1.63. The number of carbonyl (C=O) groups excluding carboxylic acids is 2. The first kappa shape index (κ1) is 41.8. The summed E-state index contributed by atoms with van der Waals surface area (Å²) in [5.41, 5.74) is 0.261. The molecule has 2 aliphatic heterocycles. The molecule has 0 aromatic heterocycles. The molecule has 2 aliphatic rings. The lowest BCUT2D eigenvalue weighted by atomic mass is 9.73. The predicted octanol–water partition coefficient (Wildman–Crippen LogP) is 10.0. The van der Waals surface area contributed by atoms with E-state index in [1.54, 1.807) is 0 Å². The fourth-order valence-corrected chi connectivity index (χ4v) is 9.16. The van der Waals surface area contributed by atoms with E-state index < -0.39 is 17.4 Å². The smallest absolute Gasteiger partial charge is 0.324 e. The van der Waals surface area contributed by atoms with Crippen LogP contribution in [0.2, 0.25) is 5.02 Å². The van der Waals surface area contributed by atoms with E-state index in [0.717, 1.165) is 28.1 Å². The number of likely N-dealkylation sites (tertiary alicyclic amines) is 2. The largest absolute Gasteiger partial charge is 0.461 e. The molecular formula is C42H71ClN2O4. The average Bonchev–Trinajstić information content (AvgIpc) is 2.91. The molecule has 1 aromatic carbocycles. The van der Waals surface area contributed by atoms with Gasteiger partial charge in [0.2, 0.25) is 0 Å². The highest BCUT2D eigenvalue weighted by molar-refractivity contribution is 6.32. The van der Waals surface area contributed by atoms with Crippen molar-refractivity contribution in [3.8, 4) is 0 Å². The van der Waals surface area contributed by atoms with Gasteiger partial charge in [-0.3, -0.25) is 19.4 Å². The van der Waals surface area contributed by atoms with Gasteiger partial charge in [0.1, 0.15) is 12.2 Å². The number of esters is 2. The van der Waals surface area contributed by atoms with Crippen LogP contribution in [-0.2, 0) is 36.3 Å². The third-order valence-electron chi connectivity index (χ3n) is 12.1. The Morgan fingerprint density at radius 1 is 0.714 bits per heavy atom. The van der Waals surface area contributed by atoms with Crippen LogP contribution in [0.15, 0.2) is 12.1 Å². The summed E-state index contributed by atoms with van der Waals surface area (Å²) < 4.78 is 13.1. The van der Waals surface area contributed by atoms with E-state index in [1.165, 1.54) is 0 Å². The second-order valence-corrected chi connectivity index (χ2v) is 20.5. The minimum Gasteiger partial charge on any atom is -0.461 e. The number of piperidine rings is 2. The Kier molecular flexibility index (Phi) is 12.0. The van der Waals surface area contributed by atoms with Gasteiger partial charge >= 0.3 is 11.9 Å². The van der Waals surface area contributed by atoms with E-state index in [-0.39, 0.29) is 51.6 Å². The van der Waals surface area contributed by atoms with Gasteiger partial charge in [-0.05, 0) is 110 Å². The van der Waals surface area contributed by atoms with Crippen LogP contribution < -0.4 is 0 Å². The van der Waals surface area contributed by atoms with Crippen LogP contribution in [0.3, 0.4) is 0 Å². The fourth-order valence-electron chi connectivity index (χ4n) is 8.48. The van der Waals surface area contributed by atoms with Crippen LogP contribution >= 0.6 is 11.6 Å². The van der Waals surface area contributed by atoms with E-state index in [0.29, 0.717) is 38.5 Å². The summed E-state index contributed by atoms with van der Waals surface area (Å²) in [6.07, 6.45) is 4.24. The fraction of sp³-hybridized carbons (Fsp3) is 0.810. The zero-order chi connectivity index (χ0) is 37.8. The Balaban J connectivity index is 2.20. The van der Waals surface area contributed by atoms with Crippen LogP contribution in [0.4, 0.5) is 0 Å². The first-order valence-electron chi connectivity index (χ1n) is 18.7. The van der Waals surface area contributed by atoms with Gasteiger partial charge in [-0.1, -0.05) is 85.0 Å². The molecule has 2 fully saturated rings. The zero-order valence-electron chi connectivity index (χ0n) is 34.4. The van der Waals surface area contributed by atoms with Crippen molar-refractivity contribution in [1.82, 2.24) is 9.80 Å². The van der Waals surface area contributed by atoms with Gasteiger partial charge in [0.25, 0.3) is 0 Å². The van der Waals surface area contributed by atoms with Crippen molar-refractivity contribution >= 4 is 23.5 Å². The summed E-state index contributed by atoms with van der Waals surface area (Å²) in [7, 11) is 4.29. The molecule has 0 spiro atoms. The van der Waals surface area contributed by atoms with Gasteiger partial charge in [0.05, 0.1) is 0 Å². The van der Waals surface area contributed by atoms with Gasteiger partial charge in [-0.25, -0.2) is 0 Å². The van der Waals surface area contributed by atoms with Crippen LogP contribution in [0.1, 0.15) is 165 Å². The molecule has 0 aliphatic carbocycles. The van der Waals surface area contributed by atoms with Crippen molar-refractivity contribution in [2.24, 2.45) is 5.41 Å². The van der Waals surface area contributed by atoms with E-state index in [2.05, 4.69) is 140 Å². The third kappa shape index (κ3) is 9.06. The molecule has 0 N–H and O–H groups in total. The Bertz CT molecular complexity index is 1240. The lowest BCUT2D eigenvalue weighted by Gasteiger charge is -2.53. The maximum atomic E-state index is 15.0. The van der Waals surface area contributed by atoms with Crippen LogP contribution in [-0.4, -0.2) is 70.2 Å². The number of carbonyl (C=O) groups is 2. The highest BCUT2D eigenvalue weighted by Crippen LogP contribution is 2.45. The molecule has 0 unspecified atom stereocenters. The first-order valence-corrected chi connectivity index (χ1v) is 19.1. The molecule has 3 rings (SSSR count). The summed E-state index contributed by atoms with van der Waals surface area (Å²) >= 11 is 7.13. The third-order valence-corrected chi connectivity index (χ3v) is 12.5. The standard InChI is InChI=1S/C42H71ClN2O4/c1-18-19-20-42(34(46)48-29-24-38(8,9)44(16)39(10,11)25-29,35(47)49-30-26-40(12,13)45(17)41(14,15)27-30)23-28-21-31(36(2,3)4)33(43)32(22-28)37(5,6)7/h21-22,29-30H,18-20,23-27H2,1-17H3. The number of hydrogen-bond donors (Lipinski definition) is 0. The summed E-state index contributed by atoms with van der Waals surface area (Å²) in [6.45, 7) is 32.7. The van der Waals surface area contributed by atoms with Gasteiger partial charge in [-0.15, -0.1) is 0 Å². The molecule has 6 nitrogen and oxygen atoms in total. The van der Waals surface area contributed by atoms with E-state index >= 15 is 0 Å². The molecule has 49 heavy (non-hydrogen) atoms. The number of rotatable bonds is 9. The Morgan fingerprint density at radius 2 is 1.04 bits per heavy atom. The molecule has 7 heteroatoms. The number of halogens is 1. The maximum Gasteiger partial charge on any atom is 0.324 e. The summed E-state index contributed by atoms with van der Waals surface area (Å²) in [6, 6.07) is 4.23. The topological polar surface area (TPSA) is 59.1 Å². The van der Waals surface area contributed by atoms with Crippen molar-refractivity contribution in [3.05, 3.63) is 33.8 Å². The van der Waals surface area contributed by atoms with Crippen molar-refractivity contribution in [2.45, 2.75) is 200 Å². The Morgan fingerprint density at radius 3 is 1.33 bits per heavy atom. The molecule has 2 heterocycles. The molecular weight excluding hydrogens is 632 g/mol. The molecule has 0 bridgehead atoms. The number of unbranched alkanes of at least 4 members (excludes halogenated alkanes) is 1. The van der Waals surface area contributed by atoms with Gasteiger partial charge in [-0.2, -0.15) is 0 Å². The molecule has 0 atom stereocenters. The zero-order valence-corrected chi connectivity index (χ0v) is 35.1. The lowest BCUT2D eigenvalue weighted by molar-refractivity contribution is -0.188. The van der Waals surface area contributed by atoms with Crippen molar-refractivity contribution < 1.29 is 19.1 Å². The predicted molar refractivity (Wildman–Crippen MR) is 205 cm³/mol. The normalized spacial score (nSPS) is 22.2. The molecule has 0 radical (unpaired) electrons. The number of ether oxygens (including phenoxy) is 2. The van der Waals surface area contributed by atoms with Crippen LogP contribution in [0.25, 0.3) is 0 Å². The van der Waals surface area contributed by atoms with Crippen molar-refractivity contribution in [2.75, 3.05) is 14.1 Å². The van der Waals surface area contributed by atoms with Gasteiger partial charge < -0.3 is 9.47 Å².